The number of amides is 2. The van der Waals surface area contributed by atoms with Gasteiger partial charge in [-0.15, -0.1) is 11.8 Å². The van der Waals surface area contributed by atoms with Crippen molar-refractivity contribution in [3.8, 4) is 0 Å². The van der Waals surface area contributed by atoms with E-state index in [1.807, 2.05) is 26.0 Å². The predicted octanol–water partition coefficient (Wildman–Crippen LogP) is 3.76. The lowest BCUT2D eigenvalue weighted by Crippen LogP contribution is -2.42. The summed E-state index contributed by atoms with van der Waals surface area (Å²) in [6, 6.07) is 9.08. The summed E-state index contributed by atoms with van der Waals surface area (Å²) in [6.07, 6.45) is 0. The molecule has 0 unspecified atom stereocenters. The molecule has 2 N–H and O–H groups in total. The Balaban J connectivity index is 1.84. The summed E-state index contributed by atoms with van der Waals surface area (Å²) in [5.74, 6) is -1.07. The number of halogens is 2. The third kappa shape index (κ3) is 5.07. The zero-order chi connectivity index (χ0) is 17.7. The minimum Gasteiger partial charge on any atom is -0.272 e. The van der Waals surface area contributed by atoms with E-state index < -0.39 is 11.7 Å². The zero-order valence-electron chi connectivity index (χ0n) is 13.2. The van der Waals surface area contributed by atoms with Crippen LogP contribution < -0.4 is 10.9 Å². The van der Waals surface area contributed by atoms with Crippen molar-refractivity contribution in [2.45, 2.75) is 18.7 Å². The Bertz CT molecular complexity index is 766. The molecule has 24 heavy (non-hydrogen) atoms. The van der Waals surface area contributed by atoms with Crippen LogP contribution in [0.1, 0.15) is 21.5 Å². The molecule has 2 rings (SSSR count). The molecule has 0 aromatic heterocycles. The molecule has 126 valence electrons. The lowest BCUT2D eigenvalue weighted by Gasteiger charge is -2.10. The van der Waals surface area contributed by atoms with Gasteiger partial charge in [-0.05, 0) is 61.4 Å². The van der Waals surface area contributed by atoms with E-state index >= 15 is 0 Å². The molecule has 0 atom stereocenters. The van der Waals surface area contributed by atoms with Gasteiger partial charge in [-0.2, -0.15) is 0 Å². The molecule has 0 aliphatic carbocycles. The van der Waals surface area contributed by atoms with E-state index in [0.29, 0.717) is 0 Å². The molecule has 0 saturated carbocycles. The van der Waals surface area contributed by atoms with Crippen LogP contribution in [0.4, 0.5) is 4.39 Å². The van der Waals surface area contributed by atoms with Gasteiger partial charge >= 0.3 is 0 Å². The molecule has 2 amide bonds. The Kier molecular flexibility index (Phi) is 6.39. The van der Waals surface area contributed by atoms with E-state index in [0.717, 1.165) is 20.5 Å². The molecule has 4 nitrogen and oxygen atoms in total. The molecule has 0 fully saturated rings. The van der Waals surface area contributed by atoms with Crippen LogP contribution >= 0.6 is 27.7 Å². The van der Waals surface area contributed by atoms with Gasteiger partial charge in [-0.1, -0.05) is 15.9 Å². The molecular formula is C17H16BrFN2O2S. The number of nitrogens with one attached hydrogen (secondary N) is 2. The topological polar surface area (TPSA) is 58.2 Å². The smallest absolute Gasteiger partial charge is 0.269 e. The maximum atomic E-state index is 12.8. The monoisotopic (exact) mass is 410 g/mol. The molecule has 2 aromatic rings. The predicted molar refractivity (Wildman–Crippen MR) is 96.3 cm³/mol. The van der Waals surface area contributed by atoms with E-state index in [9.17, 15) is 14.0 Å². The number of hydrazine groups is 1. The van der Waals surface area contributed by atoms with Crippen LogP contribution in [0, 0.1) is 19.7 Å². The highest BCUT2D eigenvalue weighted by Crippen LogP contribution is 2.28. The molecule has 2 aromatic carbocycles. The third-order valence-corrected chi connectivity index (χ3v) is 5.25. The van der Waals surface area contributed by atoms with E-state index in [-0.39, 0.29) is 17.2 Å². The van der Waals surface area contributed by atoms with Crippen molar-refractivity contribution in [3.63, 3.8) is 0 Å². The Morgan fingerprint density at radius 3 is 2.42 bits per heavy atom. The van der Waals surface area contributed by atoms with Gasteiger partial charge in [0, 0.05) is 14.9 Å². The maximum absolute atomic E-state index is 12.8. The van der Waals surface area contributed by atoms with Gasteiger partial charge in [-0.3, -0.25) is 20.4 Å². The summed E-state index contributed by atoms with van der Waals surface area (Å²) in [5, 5.41) is 0. The number of hydrogen-bond acceptors (Lipinski definition) is 3. The number of carbonyl (C=O) groups is 2. The fourth-order valence-electron chi connectivity index (χ4n) is 1.89. The molecule has 0 radical (unpaired) electrons. The number of rotatable bonds is 4. The molecule has 0 spiro atoms. The SMILES string of the molecule is Cc1cc(SCC(=O)NNC(=O)c2ccc(F)cc2)c(C)cc1Br. The van der Waals surface area contributed by atoms with Crippen LogP contribution in [0.5, 0.6) is 0 Å². The van der Waals surface area contributed by atoms with E-state index in [1.54, 1.807) is 0 Å². The van der Waals surface area contributed by atoms with Crippen molar-refractivity contribution >= 4 is 39.5 Å². The number of aryl methyl sites for hydroxylation is 2. The van der Waals surface area contributed by atoms with Crippen LogP contribution in [-0.4, -0.2) is 17.6 Å². The van der Waals surface area contributed by atoms with Crippen molar-refractivity contribution in [1.29, 1.82) is 0 Å². The largest absolute Gasteiger partial charge is 0.272 e. The van der Waals surface area contributed by atoms with E-state index in [4.69, 9.17) is 0 Å². The second kappa shape index (κ2) is 8.30. The van der Waals surface area contributed by atoms with Gasteiger partial charge in [0.05, 0.1) is 5.75 Å². The van der Waals surface area contributed by atoms with Gasteiger partial charge in [0.25, 0.3) is 5.91 Å². The van der Waals surface area contributed by atoms with Crippen LogP contribution in [0.25, 0.3) is 0 Å². The first-order valence-corrected chi connectivity index (χ1v) is 8.89. The van der Waals surface area contributed by atoms with E-state index in [2.05, 4.69) is 26.8 Å². The molecule has 0 saturated heterocycles. The Morgan fingerprint density at radius 1 is 1.08 bits per heavy atom. The van der Waals surface area contributed by atoms with Crippen molar-refractivity contribution in [2.24, 2.45) is 0 Å². The Morgan fingerprint density at radius 2 is 1.75 bits per heavy atom. The zero-order valence-corrected chi connectivity index (χ0v) is 15.6. The first-order valence-electron chi connectivity index (χ1n) is 7.11. The normalized spacial score (nSPS) is 10.3. The molecular weight excluding hydrogens is 395 g/mol. The van der Waals surface area contributed by atoms with Gasteiger partial charge in [0.1, 0.15) is 5.82 Å². The quantitative estimate of drug-likeness (QED) is 0.595. The number of carbonyl (C=O) groups excluding carboxylic acids is 2. The highest BCUT2D eigenvalue weighted by Gasteiger charge is 2.09. The fourth-order valence-corrected chi connectivity index (χ4v) is 3.25. The van der Waals surface area contributed by atoms with Gasteiger partial charge < -0.3 is 0 Å². The minimum atomic E-state index is -0.496. The standard InChI is InChI=1S/C17H16BrFN2O2S/c1-10-8-15(11(2)7-14(10)18)24-9-16(22)20-21-17(23)12-3-5-13(19)6-4-12/h3-8H,9H2,1-2H3,(H,20,22)(H,21,23). The first-order chi connectivity index (χ1) is 11.4. The van der Waals surface area contributed by atoms with Crippen LogP contribution in [-0.2, 0) is 4.79 Å². The highest BCUT2D eigenvalue weighted by atomic mass is 79.9. The average Bonchev–Trinajstić information content (AvgIpc) is 2.55. The van der Waals surface area contributed by atoms with Crippen LogP contribution in [0.2, 0.25) is 0 Å². The van der Waals surface area contributed by atoms with Crippen molar-refractivity contribution in [1.82, 2.24) is 10.9 Å². The Hall–Kier alpha value is -1.86. The highest BCUT2D eigenvalue weighted by molar-refractivity contribution is 9.10. The molecule has 0 heterocycles. The number of thioether (sulfide) groups is 1. The second-order valence-electron chi connectivity index (χ2n) is 5.16. The Labute approximate surface area is 152 Å². The number of benzene rings is 2. The molecule has 0 aliphatic rings. The van der Waals surface area contributed by atoms with Crippen LogP contribution in [0.15, 0.2) is 45.8 Å². The van der Waals surface area contributed by atoms with Crippen molar-refractivity contribution in [3.05, 3.63) is 63.4 Å². The van der Waals surface area contributed by atoms with Gasteiger partial charge in [0.2, 0.25) is 5.91 Å². The summed E-state index contributed by atoms with van der Waals surface area (Å²) in [4.78, 5) is 24.7. The molecule has 7 heteroatoms. The summed E-state index contributed by atoms with van der Waals surface area (Å²) in [5.41, 5.74) is 7.08. The molecule has 0 bridgehead atoms. The summed E-state index contributed by atoms with van der Waals surface area (Å²) in [7, 11) is 0. The fraction of sp³-hybridized carbons (Fsp3) is 0.176. The van der Waals surface area contributed by atoms with Gasteiger partial charge in [-0.25, -0.2) is 4.39 Å². The maximum Gasteiger partial charge on any atom is 0.269 e. The molecule has 0 aliphatic heterocycles. The van der Waals surface area contributed by atoms with Gasteiger partial charge in [0.15, 0.2) is 0 Å². The lowest BCUT2D eigenvalue weighted by atomic mass is 10.2. The minimum absolute atomic E-state index is 0.172. The summed E-state index contributed by atoms with van der Waals surface area (Å²) < 4.78 is 13.8. The van der Waals surface area contributed by atoms with Crippen molar-refractivity contribution in [2.75, 3.05) is 5.75 Å². The second-order valence-corrected chi connectivity index (χ2v) is 7.04. The summed E-state index contributed by atoms with van der Waals surface area (Å²) in [6.45, 7) is 3.96. The van der Waals surface area contributed by atoms with Crippen LogP contribution in [0.3, 0.4) is 0 Å². The average molecular weight is 411 g/mol. The third-order valence-electron chi connectivity index (χ3n) is 3.24. The first kappa shape index (κ1) is 18.5. The number of hydrogen-bond donors (Lipinski definition) is 2. The van der Waals surface area contributed by atoms with E-state index in [1.165, 1.54) is 36.0 Å². The van der Waals surface area contributed by atoms with Crippen molar-refractivity contribution < 1.29 is 14.0 Å². The lowest BCUT2D eigenvalue weighted by molar-refractivity contribution is -0.119. The summed E-state index contributed by atoms with van der Waals surface area (Å²) >= 11 is 4.86.